The van der Waals surface area contributed by atoms with Gasteiger partial charge in [-0.05, 0) is 38.1 Å². The highest BCUT2D eigenvalue weighted by molar-refractivity contribution is 7.80. The lowest BCUT2D eigenvalue weighted by Gasteiger charge is -2.37. The molecule has 114 valence electrons. The van der Waals surface area contributed by atoms with Gasteiger partial charge in [0, 0.05) is 24.3 Å². The van der Waals surface area contributed by atoms with E-state index in [1.54, 1.807) is 24.3 Å². The molecule has 1 aliphatic heterocycles. The van der Waals surface area contributed by atoms with Gasteiger partial charge in [0.05, 0.1) is 18.8 Å². The Morgan fingerprint density at radius 2 is 2.10 bits per heavy atom. The molecular weight excluding hydrogens is 286 g/mol. The third-order valence-corrected chi connectivity index (χ3v) is 3.56. The van der Waals surface area contributed by atoms with Crippen LogP contribution in [0.1, 0.15) is 19.4 Å². The first kappa shape index (κ1) is 15.9. The van der Waals surface area contributed by atoms with Crippen molar-refractivity contribution in [2.45, 2.75) is 19.4 Å². The molecule has 1 heterocycles. The van der Waals surface area contributed by atoms with Crippen molar-refractivity contribution in [1.82, 2.24) is 4.90 Å². The summed E-state index contributed by atoms with van der Waals surface area (Å²) in [4.78, 5) is 14.5. The predicted octanol–water partition coefficient (Wildman–Crippen LogP) is 1.37. The van der Waals surface area contributed by atoms with E-state index in [2.05, 4.69) is 10.2 Å². The number of thiocarbonyl (C=S) groups is 1. The number of hydrogen-bond donors (Lipinski definition) is 2. The van der Waals surface area contributed by atoms with Gasteiger partial charge in [0.25, 0.3) is 0 Å². The molecule has 1 aromatic rings. The molecule has 0 aromatic heterocycles. The summed E-state index contributed by atoms with van der Waals surface area (Å²) < 4.78 is 5.63. The molecule has 0 unspecified atom stereocenters. The van der Waals surface area contributed by atoms with Gasteiger partial charge in [-0.25, -0.2) is 0 Å². The molecule has 1 saturated heterocycles. The number of rotatable bonds is 4. The van der Waals surface area contributed by atoms with Crippen molar-refractivity contribution >= 4 is 28.8 Å². The highest BCUT2D eigenvalue weighted by Crippen LogP contribution is 2.16. The minimum atomic E-state index is -0.197. The van der Waals surface area contributed by atoms with Crippen LogP contribution in [0.2, 0.25) is 0 Å². The second kappa shape index (κ2) is 6.51. The summed E-state index contributed by atoms with van der Waals surface area (Å²) in [6.07, 6.45) is 0. The molecule has 0 saturated carbocycles. The maximum Gasteiger partial charge on any atom is 0.238 e. The summed E-state index contributed by atoms with van der Waals surface area (Å²) in [6, 6.07) is 7.21. The van der Waals surface area contributed by atoms with Crippen LogP contribution in [-0.2, 0) is 9.53 Å². The summed E-state index contributed by atoms with van der Waals surface area (Å²) >= 11 is 4.89. The van der Waals surface area contributed by atoms with Gasteiger partial charge < -0.3 is 15.8 Å². The lowest BCUT2D eigenvalue weighted by Crippen LogP contribution is -2.50. The van der Waals surface area contributed by atoms with E-state index in [-0.39, 0.29) is 11.5 Å². The van der Waals surface area contributed by atoms with E-state index in [1.807, 2.05) is 13.8 Å². The highest BCUT2D eigenvalue weighted by Gasteiger charge is 2.28. The topological polar surface area (TPSA) is 67.6 Å². The maximum absolute atomic E-state index is 12.1. The van der Waals surface area contributed by atoms with Crippen molar-refractivity contribution in [1.29, 1.82) is 0 Å². The Labute approximate surface area is 130 Å². The van der Waals surface area contributed by atoms with Crippen molar-refractivity contribution in [2.75, 3.05) is 31.6 Å². The lowest BCUT2D eigenvalue weighted by molar-refractivity contribution is -0.122. The molecule has 21 heavy (non-hydrogen) atoms. The minimum absolute atomic E-state index is 0.0317. The van der Waals surface area contributed by atoms with Crippen LogP contribution in [0.15, 0.2) is 24.3 Å². The van der Waals surface area contributed by atoms with E-state index < -0.39 is 0 Å². The normalized spacial score (nSPS) is 18.2. The number of morpholine rings is 1. The molecule has 6 heteroatoms. The predicted molar refractivity (Wildman–Crippen MR) is 87.4 cm³/mol. The summed E-state index contributed by atoms with van der Waals surface area (Å²) in [5, 5.41) is 2.88. The van der Waals surface area contributed by atoms with E-state index in [0.717, 1.165) is 24.3 Å². The second-order valence-electron chi connectivity index (χ2n) is 5.81. The number of carbonyl (C=O) groups excluding carboxylic acids is 1. The first-order valence-corrected chi connectivity index (χ1v) is 7.33. The van der Waals surface area contributed by atoms with Crippen LogP contribution in [0.4, 0.5) is 5.69 Å². The van der Waals surface area contributed by atoms with E-state index in [1.165, 1.54) is 0 Å². The van der Waals surface area contributed by atoms with Gasteiger partial charge in [-0.1, -0.05) is 12.2 Å². The van der Waals surface area contributed by atoms with Crippen LogP contribution in [0.5, 0.6) is 0 Å². The molecular formula is C15H21N3O2S. The second-order valence-corrected chi connectivity index (χ2v) is 6.25. The number of nitrogens with zero attached hydrogens (tertiary/aromatic N) is 1. The molecule has 1 fully saturated rings. The molecule has 0 bridgehead atoms. The summed E-state index contributed by atoms with van der Waals surface area (Å²) in [6.45, 7) is 6.61. The average molecular weight is 307 g/mol. The number of anilines is 1. The van der Waals surface area contributed by atoms with Crippen LogP contribution >= 0.6 is 12.2 Å². The van der Waals surface area contributed by atoms with Gasteiger partial charge in [-0.2, -0.15) is 0 Å². The van der Waals surface area contributed by atoms with Crippen molar-refractivity contribution in [3.8, 4) is 0 Å². The molecule has 0 atom stereocenters. The number of ether oxygens (including phenoxy) is 1. The molecule has 3 N–H and O–H groups in total. The molecule has 1 amide bonds. The molecule has 0 spiro atoms. The minimum Gasteiger partial charge on any atom is -0.389 e. The Morgan fingerprint density at radius 1 is 1.43 bits per heavy atom. The van der Waals surface area contributed by atoms with Crippen molar-refractivity contribution < 1.29 is 9.53 Å². The van der Waals surface area contributed by atoms with E-state index in [9.17, 15) is 4.79 Å². The van der Waals surface area contributed by atoms with Gasteiger partial charge in [0.2, 0.25) is 5.91 Å². The zero-order valence-electron chi connectivity index (χ0n) is 12.4. The summed E-state index contributed by atoms with van der Waals surface area (Å²) in [7, 11) is 0. The molecule has 5 nitrogen and oxygen atoms in total. The van der Waals surface area contributed by atoms with Crippen molar-refractivity contribution in [3.63, 3.8) is 0 Å². The first-order valence-electron chi connectivity index (χ1n) is 6.92. The van der Waals surface area contributed by atoms with Crippen LogP contribution in [0.25, 0.3) is 0 Å². The zero-order chi connectivity index (χ0) is 15.5. The number of nitrogens with two attached hydrogens (primary N) is 1. The number of amides is 1. The van der Waals surface area contributed by atoms with Crippen molar-refractivity contribution in [3.05, 3.63) is 29.8 Å². The maximum atomic E-state index is 12.1. The largest absolute Gasteiger partial charge is 0.389 e. The summed E-state index contributed by atoms with van der Waals surface area (Å²) in [5.74, 6) is -0.0317. The van der Waals surface area contributed by atoms with E-state index in [4.69, 9.17) is 22.7 Å². The molecule has 0 aliphatic carbocycles. The van der Waals surface area contributed by atoms with Crippen molar-refractivity contribution in [2.24, 2.45) is 5.73 Å². The van der Waals surface area contributed by atoms with Gasteiger partial charge in [-0.3, -0.25) is 9.69 Å². The molecule has 1 aliphatic rings. The molecule has 0 radical (unpaired) electrons. The van der Waals surface area contributed by atoms with Crippen LogP contribution in [-0.4, -0.2) is 47.6 Å². The van der Waals surface area contributed by atoms with Gasteiger partial charge in [0.1, 0.15) is 4.99 Å². The lowest BCUT2D eigenvalue weighted by atomic mass is 10.1. The third-order valence-electron chi connectivity index (χ3n) is 3.33. The molecule has 2 rings (SSSR count). The Kier molecular flexibility index (Phi) is 4.92. The van der Waals surface area contributed by atoms with Crippen LogP contribution < -0.4 is 11.1 Å². The zero-order valence-corrected chi connectivity index (χ0v) is 13.2. The van der Waals surface area contributed by atoms with E-state index in [0.29, 0.717) is 18.1 Å². The number of nitrogens with one attached hydrogen (secondary N) is 1. The fourth-order valence-corrected chi connectivity index (χ4v) is 2.51. The fourth-order valence-electron chi connectivity index (χ4n) is 2.37. The van der Waals surface area contributed by atoms with Gasteiger partial charge in [-0.15, -0.1) is 0 Å². The van der Waals surface area contributed by atoms with Gasteiger partial charge in [0.15, 0.2) is 0 Å². The number of benzene rings is 1. The quantitative estimate of drug-likeness (QED) is 0.822. The highest BCUT2D eigenvalue weighted by atomic mass is 32.1. The summed E-state index contributed by atoms with van der Waals surface area (Å²) in [5.41, 5.74) is 6.88. The Bertz CT molecular complexity index is 528. The van der Waals surface area contributed by atoms with Gasteiger partial charge >= 0.3 is 0 Å². The Balaban J connectivity index is 1.88. The standard InChI is InChI=1S/C15H21N3O2S/c1-15(2)10-18(7-8-20-15)9-13(19)17-12-5-3-11(4-6-12)14(16)21/h3-6H,7-10H2,1-2H3,(H2,16,21)(H,17,19). The van der Waals surface area contributed by atoms with Crippen LogP contribution in [0, 0.1) is 0 Å². The Morgan fingerprint density at radius 3 is 2.67 bits per heavy atom. The third kappa shape index (κ3) is 4.77. The monoisotopic (exact) mass is 307 g/mol. The number of carbonyl (C=O) groups is 1. The molecule has 1 aromatic carbocycles. The SMILES string of the molecule is CC1(C)CN(CC(=O)Nc2ccc(C(N)=S)cc2)CCO1. The first-order chi connectivity index (χ1) is 9.85. The van der Waals surface area contributed by atoms with E-state index >= 15 is 0 Å². The van der Waals surface area contributed by atoms with Crippen LogP contribution in [0.3, 0.4) is 0 Å². The smallest absolute Gasteiger partial charge is 0.238 e. The number of hydrogen-bond acceptors (Lipinski definition) is 4. The average Bonchev–Trinajstić information content (AvgIpc) is 2.37. The fraction of sp³-hybridized carbons (Fsp3) is 0.467. The Hall–Kier alpha value is -1.50.